The Morgan fingerprint density at radius 2 is 1.78 bits per heavy atom. The first kappa shape index (κ1) is 28.5. The van der Waals surface area contributed by atoms with Crippen LogP contribution in [0.4, 0.5) is 10.5 Å². The number of nitrogens with zero attached hydrogens (tertiary/aromatic N) is 3. The van der Waals surface area contributed by atoms with Crippen LogP contribution in [0.15, 0.2) is 48.5 Å². The predicted molar refractivity (Wildman–Crippen MR) is 143 cm³/mol. The molecule has 2 aromatic carbocycles. The number of nitro benzene ring substituents is 1. The summed E-state index contributed by atoms with van der Waals surface area (Å²) in [5.41, 5.74) is 7.74. The summed E-state index contributed by atoms with van der Waals surface area (Å²) in [7, 11) is 1.63. The number of carbonyl (C=O) groups excluding carboxylic acids is 2. The van der Waals surface area contributed by atoms with Crippen LogP contribution >= 0.6 is 24.2 Å². The molecule has 0 aromatic heterocycles. The fourth-order valence-electron chi connectivity index (χ4n) is 4.43. The molecule has 2 fully saturated rings. The Hall–Kier alpha value is -3.02. The first-order valence-corrected chi connectivity index (χ1v) is 12.8. The minimum absolute atomic E-state index is 0. The van der Waals surface area contributed by atoms with Gasteiger partial charge in [-0.15, -0.1) is 12.4 Å². The van der Waals surface area contributed by atoms with E-state index >= 15 is 0 Å². The van der Waals surface area contributed by atoms with E-state index in [1.165, 1.54) is 17.0 Å². The van der Waals surface area contributed by atoms with Crippen LogP contribution in [-0.4, -0.2) is 70.8 Å². The van der Waals surface area contributed by atoms with E-state index in [4.69, 9.17) is 15.2 Å². The topological polar surface area (TPSA) is 128 Å². The summed E-state index contributed by atoms with van der Waals surface area (Å²) >= 11 is 1.71. The first-order chi connectivity index (χ1) is 17.3. The summed E-state index contributed by atoms with van der Waals surface area (Å²) in [6, 6.07) is 13.0. The monoisotopic (exact) mass is 550 g/mol. The zero-order chi connectivity index (χ0) is 25.7. The van der Waals surface area contributed by atoms with Crippen molar-refractivity contribution in [3.63, 3.8) is 0 Å². The van der Waals surface area contributed by atoms with Crippen molar-refractivity contribution >= 4 is 41.9 Å². The number of amides is 2. The molecular weight excluding hydrogens is 520 g/mol. The number of halogens is 1. The van der Waals surface area contributed by atoms with Crippen molar-refractivity contribution in [2.24, 2.45) is 5.73 Å². The van der Waals surface area contributed by atoms with Crippen LogP contribution < -0.4 is 10.5 Å². The quantitative estimate of drug-likeness (QED) is 0.390. The van der Waals surface area contributed by atoms with Crippen molar-refractivity contribution in [3.8, 4) is 5.75 Å². The third-order valence-corrected chi connectivity index (χ3v) is 7.79. The molecule has 0 bridgehead atoms. The lowest BCUT2D eigenvalue weighted by atomic mass is 10.2. The molecule has 2 amide bonds. The van der Waals surface area contributed by atoms with Gasteiger partial charge in [-0.2, -0.15) is 11.8 Å². The number of likely N-dealkylation sites (tertiary alicyclic amines) is 2. The lowest BCUT2D eigenvalue weighted by Crippen LogP contribution is -2.47. The van der Waals surface area contributed by atoms with E-state index in [1.54, 1.807) is 35.9 Å². The van der Waals surface area contributed by atoms with Crippen LogP contribution in [0.25, 0.3) is 0 Å². The molecule has 2 aliphatic heterocycles. The molecular formula is C25H31ClN4O6S. The van der Waals surface area contributed by atoms with Crippen LogP contribution in [0, 0.1) is 10.1 Å². The minimum atomic E-state index is -0.604. The van der Waals surface area contributed by atoms with Gasteiger partial charge in [0, 0.05) is 48.8 Å². The van der Waals surface area contributed by atoms with Crippen LogP contribution in [-0.2, 0) is 21.9 Å². The molecule has 0 unspecified atom stereocenters. The first-order valence-electron chi connectivity index (χ1n) is 11.8. The summed E-state index contributed by atoms with van der Waals surface area (Å²) < 4.78 is 10.7. The second kappa shape index (κ2) is 13.0. The summed E-state index contributed by atoms with van der Waals surface area (Å²) in [5.74, 6) is 1.44. The number of carbonyl (C=O) groups is 2. The van der Waals surface area contributed by atoms with E-state index in [0.29, 0.717) is 31.6 Å². The van der Waals surface area contributed by atoms with Gasteiger partial charge < -0.3 is 20.1 Å². The SMILES string of the molecule is COc1ccc(CS[C@H]2C[C@@H](C(=O)N3CC[C@H](N)C3)N(C(=O)OCc3ccc([N+](=O)[O-])cc3)C2)cc1.Cl. The Morgan fingerprint density at radius 1 is 1.11 bits per heavy atom. The number of non-ortho nitro benzene ring substituents is 1. The second-order valence-corrected chi connectivity index (χ2v) is 10.3. The summed E-state index contributed by atoms with van der Waals surface area (Å²) in [6.45, 7) is 1.44. The number of ether oxygens (including phenoxy) is 2. The van der Waals surface area contributed by atoms with E-state index in [-0.39, 0.29) is 41.9 Å². The highest BCUT2D eigenvalue weighted by Crippen LogP contribution is 2.32. The average molecular weight is 551 g/mol. The maximum atomic E-state index is 13.3. The number of nitrogens with two attached hydrogens (primary N) is 1. The number of thioether (sulfide) groups is 1. The van der Waals surface area contributed by atoms with Gasteiger partial charge in [0.1, 0.15) is 18.4 Å². The standard InChI is InChI=1S/C25H30N4O6S.ClH/c1-34-21-8-4-18(5-9-21)16-36-22-12-23(24(30)27-11-10-19(26)13-27)28(14-22)25(31)35-15-17-2-6-20(7-3-17)29(32)33;/h2-9,19,22-23H,10-16,26H2,1H3;1H/t19-,22-,23-;/m0./s1. The van der Waals surface area contributed by atoms with Crippen LogP contribution in [0.3, 0.4) is 0 Å². The fourth-order valence-corrected chi connectivity index (χ4v) is 5.63. The lowest BCUT2D eigenvalue weighted by molar-refractivity contribution is -0.384. The van der Waals surface area contributed by atoms with Crippen molar-refractivity contribution in [2.45, 2.75) is 42.5 Å². The fraction of sp³-hybridized carbons (Fsp3) is 0.440. The number of rotatable bonds is 8. The molecule has 2 aromatic rings. The minimum Gasteiger partial charge on any atom is -0.497 e. The summed E-state index contributed by atoms with van der Waals surface area (Å²) in [6.07, 6.45) is 0.722. The van der Waals surface area contributed by atoms with Crippen molar-refractivity contribution in [3.05, 3.63) is 69.8 Å². The highest BCUT2D eigenvalue weighted by Gasteiger charge is 2.43. The van der Waals surface area contributed by atoms with Gasteiger partial charge in [0.25, 0.3) is 5.69 Å². The van der Waals surface area contributed by atoms with Crippen molar-refractivity contribution in [2.75, 3.05) is 26.7 Å². The Balaban J connectivity index is 0.00000380. The molecule has 2 aliphatic rings. The molecule has 12 heteroatoms. The molecule has 0 saturated carbocycles. The predicted octanol–water partition coefficient (Wildman–Crippen LogP) is 3.60. The van der Waals surface area contributed by atoms with Gasteiger partial charge in [-0.25, -0.2) is 4.79 Å². The third-order valence-electron chi connectivity index (χ3n) is 6.47. The number of hydrogen-bond donors (Lipinski definition) is 1. The Morgan fingerprint density at radius 3 is 2.38 bits per heavy atom. The van der Waals surface area contributed by atoms with Crippen molar-refractivity contribution in [1.82, 2.24) is 9.80 Å². The second-order valence-electron chi connectivity index (χ2n) is 9.00. The molecule has 0 radical (unpaired) electrons. The van der Waals surface area contributed by atoms with Crippen LogP contribution in [0.1, 0.15) is 24.0 Å². The maximum Gasteiger partial charge on any atom is 0.410 e. The van der Waals surface area contributed by atoms with Crippen molar-refractivity contribution < 1.29 is 24.0 Å². The van der Waals surface area contributed by atoms with Crippen LogP contribution in [0.5, 0.6) is 5.75 Å². The molecule has 37 heavy (non-hydrogen) atoms. The lowest BCUT2D eigenvalue weighted by Gasteiger charge is -2.27. The molecule has 0 aliphatic carbocycles. The smallest absolute Gasteiger partial charge is 0.410 e. The Bertz CT molecular complexity index is 1090. The Kier molecular flexibility index (Phi) is 10.0. The average Bonchev–Trinajstić information content (AvgIpc) is 3.52. The van der Waals surface area contributed by atoms with Gasteiger partial charge in [0.05, 0.1) is 12.0 Å². The number of methoxy groups -OCH3 is 1. The third kappa shape index (κ3) is 7.27. The molecule has 0 spiro atoms. The number of benzene rings is 2. The van der Waals surface area contributed by atoms with Crippen LogP contribution in [0.2, 0.25) is 0 Å². The molecule has 4 rings (SSSR count). The highest BCUT2D eigenvalue weighted by molar-refractivity contribution is 7.99. The molecule has 2 saturated heterocycles. The van der Waals surface area contributed by atoms with Gasteiger partial charge in [-0.3, -0.25) is 19.8 Å². The maximum absolute atomic E-state index is 13.3. The molecule has 3 atom stereocenters. The van der Waals surface area contributed by atoms with E-state index in [2.05, 4.69) is 0 Å². The van der Waals surface area contributed by atoms with E-state index in [1.807, 2.05) is 24.3 Å². The summed E-state index contributed by atoms with van der Waals surface area (Å²) in [5, 5.41) is 10.9. The largest absolute Gasteiger partial charge is 0.497 e. The van der Waals surface area contributed by atoms with E-state index < -0.39 is 17.1 Å². The zero-order valence-electron chi connectivity index (χ0n) is 20.5. The molecule has 200 valence electrons. The van der Waals surface area contributed by atoms with Gasteiger partial charge in [0.2, 0.25) is 5.91 Å². The Labute approximate surface area is 226 Å². The summed E-state index contributed by atoms with van der Waals surface area (Å²) in [4.78, 5) is 40.0. The van der Waals surface area contributed by atoms with Gasteiger partial charge >= 0.3 is 6.09 Å². The van der Waals surface area contributed by atoms with E-state index in [9.17, 15) is 19.7 Å². The van der Waals surface area contributed by atoms with Gasteiger partial charge in [0.15, 0.2) is 0 Å². The molecule has 2 N–H and O–H groups in total. The normalized spacial score (nSPS) is 20.9. The van der Waals surface area contributed by atoms with Crippen molar-refractivity contribution in [1.29, 1.82) is 0 Å². The number of nitro groups is 1. The zero-order valence-corrected chi connectivity index (χ0v) is 22.1. The van der Waals surface area contributed by atoms with Gasteiger partial charge in [-0.1, -0.05) is 12.1 Å². The highest BCUT2D eigenvalue weighted by atomic mass is 35.5. The van der Waals surface area contributed by atoms with E-state index in [0.717, 1.165) is 23.5 Å². The number of hydrogen-bond acceptors (Lipinski definition) is 8. The molecule has 10 nitrogen and oxygen atoms in total. The van der Waals surface area contributed by atoms with Gasteiger partial charge in [-0.05, 0) is 48.2 Å². The molecule has 2 heterocycles.